The van der Waals surface area contributed by atoms with Crippen LogP contribution in [-0.2, 0) is 0 Å². The first-order valence-electron chi connectivity index (χ1n) is 7.21. The molecule has 0 bridgehead atoms. The van der Waals surface area contributed by atoms with E-state index in [0.29, 0.717) is 11.9 Å². The maximum Gasteiger partial charge on any atom is 0.163 e. The molecule has 0 spiro atoms. The summed E-state index contributed by atoms with van der Waals surface area (Å²) in [5.74, 6) is 1.58. The van der Waals surface area contributed by atoms with E-state index >= 15 is 0 Å². The second-order valence-corrected chi connectivity index (χ2v) is 5.11. The Kier molecular flexibility index (Phi) is 3.77. The van der Waals surface area contributed by atoms with Gasteiger partial charge in [-0.05, 0) is 37.6 Å². The van der Waals surface area contributed by atoms with Crippen LogP contribution in [-0.4, -0.2) is 21.0 Å². The van der Waals surface area contributed by atoms with Crippen LogP contribution in [0, 0.1) is 0 Å². The number of hydrogen-bond donors (Lipinski definition) is 1. The smallest absolute Gasteiger partial charge is 0.163 e. The molecule has 0 aliphatic carbocycles. The minimum Gasteiger partial charge on any atom is -0.367 e. The van der Waals surface area contributed by atoms with E-state index in [-0.39, 0.29) is 0 Å². The lowest BCUT2D eigenvalue weighted by Gasteiger charge is -2.15. The number of nitrogens with one attached hydrogen (secondary N) is 1. The molecule has 1 N–H and O–H groups in total. The molecule has 0 aliphatic heterocycles. The summed E-state index contributed by atoms with van der Waals surface area (Å²) in [6.45, 7) is 4.31. The zero-order valence-corrected chi connectivity index (χ0v) is 12.2. The molecule has 21 heavy (non-hydrogen) atoms. The van der Waals surface area contributed by atoms with Crippen molar-refractivity contribution >= 4 is 16.7 Å². The molecule has 4 nitrogen and oxygen atoms in total. The molecule has 4 heteroatoms. The second-order valence-electron chi connectivity index (χ2n) is 5.11. The summed E-state index contributed by atoms with van der Waals surface area (Å²) in [6.07, 6.45) is 4.58. The van der Waals surface area contributed by atoms with E-state index in [1.807, 2.05) is 36.4 Å². The summed E-state index contributed by atoms with van der Waals surface area (Å²) < 4.78 is 0. The minimum absolute atomic E-state index is 0.366. The van der Waals surface area contributed by atoms with Crippen molar-refractivity contribution in [1.29, 1.82) is 0 Å². The molecule has 0 saturated carbocycles. The van der Waals surface area contributed by atoms with Crippen molar-refractivity contribution in [1.82, 2.24) is 15.0 Å². The first-order valence-corrected chi connectivity index (χ1v) is 7.21. The monoisotopic (exact) mass is 278 g/mol. The van der Waals surface area contributed by atoms with Gasteiger partial charge in [-0.3, -0.25) is 4.98 Å². The van der Waals surface area contributed by atoms with Crippen LogP contribution in [0.4, 0.5) is 5.82 Å². The predicted molar refractivity (Wildman–Crippen MR) is 86.1 cm³/mol. The highest BCUT2D eigenvalue weighted by molar-refractivity contribution is 5.90. The highest BCUT2D eigenvalue weighted by Gasteiger charge is 2.10. The average molecular weight is 278 g/mol. The van der Waals surface area contributed by atoms with Crippen LogP contribution in [0.25, 0.3) is 22.3 Å². The number of nitrogens with zero attached hydrogens (tertiary/aromatic N) is 3. The molecule has 0 radical (unpaired) electrons. The third-order valence-electron chi connectivity index (χ3n) is 3.52. The molecular weight excluding hydrogens is 260 g/mol. The van der Waals surface area contributed by atoms with Gasteiger partial charge in [0.1, 0.15) is 5.82 Å². The van der Waals surface area contributed by atoms with Crippen molar-refractivity contribution in [3.63, 3.8) is 0 Å². The standard InChI is InChI=1S/C17H18N4/c1-3-12(2)19-17-14-8-4-5-9-15(14)20-16(21-17)13-7-6-10-18-11-13/h4-12H,3H2,1-2H3,(H,19,20,21). The lowest BCUT2D eigenvalue weighted by Crippen LogP contribution is -2.15. The Hall–Kier alpha value is -2.49. The Morgan fingerprint density at radius 1 is 1.10 bits per heavy atom. The molecule has 2 aromatic heterocycles. The molecule has 0 fully saturated rings. The Bertz CT molecular complexity index is 740. The van der Waals surface area contributed by atoms with Gasteiger partial charge in [0.15, 0.2) is 5.82 Å². The van der Waals surface area contributed by atoms with Gasteiger partial charge in [0, 0.05) is 29.4 Å². The van der Waals surface area contributed by atoms with Crippen LogP contribution in [0.3, 0.4) is 0 Å². The molecule has 106 valence electrons. The quantitative estimate of drug-likeness (QED) is 0.786. The highest BCUT2D eigenvalue weighted by Crippen LogP contribution is 2.25. The minimum atomic E-state index is 0.366. The van der Waals surface area contributed by atoms with Crippen molar-refractivity contribution in [2.24, 2.45) is 0 Å². The maximum atomic E-state index is 4.70. The number of aromatic nitrogens is 3. The summed E-state index contributed by atoms with van der Waals surface area (Å²) in [5, 5.41) is 4.52. The third-order valence-corrected chi connectivity index (χ3v) is 3.52. The fourth-order valence-corrected chi connectivity index (χ4v) is 2.15. The maximum absolute atomic E-state index is 4.70. The first kappa shape index (κ1) is 13.5. The number of para-hydroxylation sites is 1. The number of hydrogen-bond acceptors (Lipinski definition) is 4. The van der Waals surface area contributed by atoms with Crippen molar-refractivity contribution in [3.05, 3.63) is 48.8 Å². The molecule has 1 unspecified atom stereocenters. The van der Waals surface area contributed by atoms with E-state index in [1.54, 1.807) is 12.4 Å². The Labute approximate surface area is 124 Å². The number of pyridine rings is 1. The fourth-order valence-electron chi connectivity index (χ4n) is 2.15. The van der Waals surface area contributed by atoms with Gasteiger partial charge in [0.2, 0.25) is 0 Å². The van der Waals surface area contributed by atoms with Gasteiger partial charge >= 0.3 is 0 Å². The molecule has 0 aliphatic rings. The van der Waals surface area contributed by atoms with E-state index in [2.05, 4.69) is 29.1 Å². The van der Waals surface area contributed by atoms with Crippen LogP contribution in [0.2, 0.25) is 0 Å². The molecule has 3 aromatic rings. The number of anilines is 1. The largest absolute Gasteiger partial charge is 0.367 e. The summed E-state index contributed by atoms with van der Waals surface area (Å²) >= 11 is 0. The van der Waals surface area contributed by atoms with Gasteiger partial charge in [0.25, 0.3) is 0 Å². The topological polar surface area (TPSA) is 50.7 Å². The van der Waals surface area contributed by atoms with Crippen LogP contribution in [0.1, 0.15) is 20.3 Å². The van der Waals surface area contributed by atoms with Crippen molar-refractivity contribution < 1.29 is 0 Å². The van der Waals surface area contributed by atoms with Gasteiger partial charge in [-0.1, -0.05) is 19.1 Å². The SMILES string of the molecule is CCC(C)Nc1nc(-c2cccnc2)nc2ccccc12. The molecule has 1 atom stereocenters. The summed E-state index contributed by atoms with van der Waals surface area (Å²) in [6, 6.07) is 12.3. The first-order chi connectivity index (χ1) is 10.3. The predicted octanol–water partition coefficient (Wildman–Crippen LogP) is 3.90. The zero-order valence-electron chi connectivity index (χ0n) is 12.2. The van der Waals surface area contributed by atoms with Gasteiger partial charge in [-0.25, -0.2) is 9.97 Å². The van der Waals surface area contributed by atoms with E-state index in [0.717, 1.165) is 28.7 Å². The van der Waals surface area contributed by atoms with Gasteiger partial charge < -0.3 is 5.32 Å². The Balaban J connectivity index is 2.15. The zero-order chi connectivity index (χ0) is 14.7. The lowest BCUT2D eigenvalue weighted by molar-refractivity contribution is 0.760. The van der Waals surface area contributed by atoms with Crippen LogP contribution in [0.15, 0.2) is 48.8 Å². The molecule has 1 aromatic carbocycles. The third kappa shape index (κ3) is 2.84. The molecule has 2 heterocycles. The van der Waals surface area contributed by atoms with E-state index in [4.69, 9.17) is 4.98 Å². The Morgan fingerprint density at radius 3 is 2.71 bits per heavy atom. The number of rotatable bonds is 4. The summed E-state index contributed by atoms with van der Waals surface area (Å²) in [4.78, 5) is 13.5. The molecular formula is C17H18N4. The van der Waals surface area contributed by atoms with E-state index < -0.39 is 0 Å². The van der Waals surface area contributed by atoms with Crippen LogP contribution < -0.4 is 5.32 Å². The van der Waals surface area contributed by atoms with Crippen molar-refractivity contribution in [2.75, 3.05) is 5.32 Å². The summed E-state index contributed by atoms with van der Waals surface area (Å²) in [7, 11) is 0. The lowest BCUT2D eigenvalue weighted by atomic mass is 10.2. The van der Waals surface area contributed by atoms with Crippen LogP contribution in [0.5, 0.6) is 0 Å². The normalized spacial score (nSPS) is 12.3. The Morgan fingerprint density at radius 2 is 1.95 bits per heavy atom. The van der Waals surface area contributed by atoms with Crippen LogP contribution >= 0.6 is 0 Å². The number of benzene rings is 1. The molecule has 3 rings (SSSR count). The molecule has 0 amide bonds. The molecule has 0 saturated heterocycles. The van der Waals surface area contributed by atoms with Crippen molar-refractivity contribution in [2.45, 2.75) is 26.3 Å². The van der Waals surface area contributed by atoms with Gasteiger partial charge in [-0.2, -0.15) is 0 Å². The van der Waals surface area contributed by atoms with Gasteiger partial charge in [-0.15, -0.1) is 0 Å². The van der Waals surface area contributed by atoms with Gasteiger partial charge in [0.05, 0.1) is 5.52 Å². The highest BCUT2D eigenvalue weighted by atomic mass is 15.0. The van der Waals surface area contributed by atoms with E-state index in [9.17, 15) is 0 Å². The fraction of sp³-hybridized carbons (Fsp3) is 0.235. The second kappa shape index (κ2) is 5.87. The average Bonchev–Trinajstić information content (AvgIpc) is 2.55. The van der Waals surface area contributed by atoms with E-state index in [1.165, 1.54) is 0 Å². The van der Waals surface area contributed by atoms with Crippen molar-refractivity contribution in [3.8, 4) is 11.4 Å². The summed E-state index contributed by atoms with van der Waals surface area (Å²) in [5.41, 5.74) is 1.87. The number of fused-ring (bicyclic) bond motifs is 1.